The molecule has 2 N–H and O–H groups in total. The van der Waals surface area contributed by atoms with E-state index in [2.05, 4.69) is 15.0 Å². The molecule has 0 aliphatic carbocycles. The zero-order valence-electron chi connectivity index (χ0n) is 30.4. The lowest BCUT2D eigenvalue weighted by Gasteiger charge is -2.37. The summed E-state index contributed by atoms with van der Waals surface area (Å²) in [6.07, 6.45) is -8.62. The number of halogens is 8. The van der Waals surface area contributed by atoms with Gasteiger partial charge in [-0.25, -0.2) is 18.2 Å². The highest BCUT2D eigenvalue weighted by Gasteiger charge is 2.46. The fourth-order valence-corrected chi connectivity index (χ4v) is 7.00. The van der Waals surface area contributed by atoms with E-state index in [4.69, 9.17) is 23.5 Å². The van der Waals surface area contributed by atoms with Crippen molar-refractivity contribution in [3.8, 4) is 17.4 Å². The van der Waals surface area contributed by atoms with Crippen LogP contribution in [-0.2, 0) is 29.0 Å². The van der Waals surface area contributed by atoms with Crippen molar-refractivity contribution in [1.29, 1.82) is 0 Å². The third-order valence-corrected chi connectivity index (χ3v) is 9.73. The molecule has 1 fully saturated rings. The van der Waals surface area contributed by atoms with Crippen LogP contribution in [0, 0.1) is 29.1 Å². The number of anilines is 1. The van der Waals surface area contributed by atoms with Crippen molar-refractivity contribution >= 4 is 31.3 Å². The van der Waals surface area contributed by atoms with Crippen molar-refractivity contribution < 1.29 is 72.8 Å². The van der Waals surface area contributed by atoms with E-state index in [0.717, 1.165) is 10.9 Å². The molecule has 312 valence electrons. The SMILES string of the molecule is COc1ccc(C(OC[C@H]2O[C@@H](n3cnc4c(Oc5c(F)c(F)c(F)c(F)c5F)nc(NC(=O)C(F)(F)F)nc43)C[C@@H]2O[P+](=O)O)(c2ccccc2)c2ccccc2)cc1. The van der Waals surface area contributed by atoms with E-state index in [-0.39, 0.29) is 13.0 Å². The number of benzene rings is 4. The summed E-state index contributed by atoms with van der Waals surface area (Å²) in [5.74, 6) is -18.6. The van der Waals surface area contributed by atoms with Crippen molar-refractivity contribution in [2.75, 3.05) is 19.0 Å². The van der Waals surface area contributed by atoms with Gasteiger partial charge in [-0.2, -0.15) is 31.9 Å². The number of aromatic nitrogens is 4. The fourth-order valence-electron chi connectivity index (χ4n) is 6.55. The maximum Gasteiger partial charge on any atom is 0.695 e. The lowest BCUT2D eigenvalue weighted by molar-refractivity contribution is -0.167. The minimum atomic E-state index is -5.51. The van der Waals surface area contributed by atoms with Crippen molar-refractivity contribution in [2.24, 2.45) is 0 Å². The zero-order chi connectivity index (χ0) is 42.9. The quantitative estimate of drug-likeness (QED) is 0.0380. The summed E-state index contributed by atoms with van der Waals surface area (Å²) in [4.78, 5) is 33.1. The summed E-state index contributed by atoms with van der Waals surface area (Å²) in [6.45, 7) is -0.358. The number of amides is 1. The van der Waals surface area contributed by atoms with E-state index < -0.39 is 102 Å². The van der Waals surface area contributed by atoms with Gasteiger partial charge in [-0.05, 0) is 28.8 Å². The zero-order valence-corrected chi connectivity index (χ0v) is 31.3. The molecule has 1 unspecified atom stereocenters. The van der Waals surface area contributed by atoms with Crippen LogP contribution in [0.2, 0.25) is 0 Å². The summed E-state index contributed by atoms with van der Waals surface area (Å²) >= 11 is 0. The molecule has 6 aromatic rings. The van der Waals surface area contributed by atoms with Crippen LogP contribution in [0.15, 0.2) is 91.3 Å². The smallest absolute Gasteiger partial charge is 0.497 e. The average molecular weight is 865 g/mol. The van der Waals surface area contributed by atoms with Gasteiger partial charge < -0.3 is 18.9 Å². The first-order chi connectivity index (χ1) is 28.6. The minimum absolute atomic E-state index is 0.296. The van der Waals surface area contributed by atoms with Gasteiger partial charge in [-0.15, -0.1) is 9.42 Å². The van der Waals surface area contributed by atoms with Crippen LogP contribution >= 0.6 is 8.25 Å². The first-order valence-electron chi connectivity index (χ1n) is 17.3. The molecule has 1 aliphatic rings. The normalized spacial score (nSPS) is 17.2. The van der Waals surface area contributed by atoms with Crippen LogP contribution in [0.25, 0.3) is 11.2 Å². The van der Waals surface area contributed by atoms with Gasteiger partial charge in [0.1, 0.15) is 29.8 Å². The molecule has 3 heterocycles. The van der Waals surface area contributed by atoms with Crippen LogP contribution in [0.4, 0.5) is 41.1 Å². The molecule has 1 amide bonds. The molecular formula is C38H27F8N5O8P+. The molecule has 0 radical (unpaired) electrons. The maximum atomic E-state index is 14.7. The molecule has 22 heteroatoms. The predicted molar refractivity (Wildman–Crippen MR) is 191 cm³/mol. The topological polar surface area (TPSA) is 156 Å². The first kappa shape index (κ1) is 42.0. The highest BCUT2D eigenvalue weighted by atomic mass is 31.1. The molecule has 4 atom stereocenters. The van der Waals surface area contributed by atoms with E-state index >= 15 is 0 Å². The number of carbonyl (C=O) groups is 1. The van der Waals surface area contributed by atoms with Gasteiger partial charge in [0.05, 0.1) is 20.0 Å². The minimum Gasteiger partial charge on any atom is -0.497 e. The summed E-state index contributed by atoms with van der Waals surface area (Å²) in [6, 6.07) is 25.1. The van der Waals surface area contributed by atoms with Crippen LogP contribution in [0.1, 0.15) is 29.3 Å². The lowest BCUT2D eigenvalue weighted by Crippen LogP contribution is -2.38. The Morgan fingerprint density at radius 1 is 0.867 bits per heavy atom. The number of rotatable bonds is 13. The lowest BCUT2D eigenvalue weighted by atomic mass is 9.80. The molecule has 0 spiro atoms. The number of methoxy groups -OCH3 is 1. The molecule has 60 heavy (non-hydrogen) atoms. The molecule has 7 rings (SSSR count). The molecule has 13 nitrogen and oxygen atoms in total. The number of fused-ring (bicyclic) bond motifs is 1. The molecule has 0 saturated carbocycles. The third-order valence-electron chi connectivity index (χ3n) is 9.28. The highest BCUT2D eigenvalue weighted by molar-refractivity contribution is 7.32. The summed E-state index contributed by atoms with van der Waals surface area (Å²) < 4.78 is 153. The van der Waals surface area contributed by atoms with Gasteiger partial charge >= 0.3 is 20.3 Å². The second kappa shape index (κ2) is 16.9. The Morgan fingerprint density at radius 2 is 1.43 bits per heavy atom. The second-order valence-electron chi connectivity index (χ2n) is 12.8. The Morgan fingerprint density at radius 3 is 1.98 bits per heavy atom. The molecule has 0 bridgehead atoms. The Labute approximate surface area is 333 Å². The Hall–Kier alpha value is -6.12. The number of imidazole rings is 1. The van der Waals surface area contributed by atoms with Gasteiger partial charge in [0, 0.05) is 11.0 Å². The summed E-state index contributed by atoms with van der Waals surface area (Å²) in [5, 5.41) is 1.34. The standard InChI is InChI=1S/C38H26F8N5O8P/c1-55-22-14-12-21(13-15-22)37(19-8-4-2-5-9-19,20-10-6-3-7-11-20)56-17-24-23(59-60(53)54)16-25(57-24)51-18-47-31-33(51)48-36(50-35(52)38(44,45)46)49-34(31)58-32-29(42)27(40)26(39)28(41)30(32)43/h2-15,18,23-25H,16-17H2,1H3,(H-,48,49,50,52,53,54)/p+1/t23-,24+,25+/m0/s1. The largest absolute Gasteiger partial charge is 0.695 e. The van der Waals surface area contributed by atoms with E-state index in [0.29, 0.717) is 22.4 Å². The fraction of sp³-hybridized carbons (Fsp3) is 0.211. The second-order valence-corrected chi connectivity index (χ2v) is 13.5. The monoisotopic (exact) mass is 864 g/mol. The molecule has 4 aromatic carbocycles. The average Bonchev–Trinajstić information content (AvgIpc) is 3.85. The van der Waals surface area contributed by atoms with Crippen LogP contribution in [0.5, 0.6) is 17.4 Å². The number of nitrogens with zero attached hydrogens (tertiary/aromatic N) is 4. The summed E-state index contributed by atoms with van der Waals surface area (Å²) in [5.41, 5.74) is -0.583. The van der Waals surface area contributed by atoms with Crippen LogP contribution in [-0.4, -0.2) is 62.4 Å². The van der Waals surface area contributed by atoms with Crippen molar-refractivity contribution in [3.05, 3.63) is 137 Å². The third kappa shape index (κ3) is 8.09. The van der Waals surface area contributed by atoms with Gasteiger partial charge in [0.25, 0.3) is 5.88 Å². The van der Waals surface area contributed by atoms with Crippen LogP contribution in [0.3, 0.4) is 0 Å². The number of alkyl halides is 3. The van der Waals surface area contributed by atoms with Crippen molar-refractivity contribution in [3.63, 3.8) is 0 Å². The van der Waals surface area contributed by atoms with Crippen molar-refractivity contribution in [2.45, 2.75) is 36.6 Å². The van der Waals surface area contributed by atoms with Gasteiger partial charge in [-0.3, -0.25) is 14.7 Å². The van der Waals surface area contributed by atoms with E-state index in [1.54, 1.807) is 60.7 Å². The Bertz CT molecular complexity index is 2480. The van der Waals surface area contributed by atoms with Gasteiger partial charge in [0.2, 0.25) is 40.8 Å². The molecule has 1 aliphatic heterocycles. The predicted octanol–water partition coefficient (Wildman–Crippen LogP) is 8.15. The first-order valence-corrected chi connectivity index (χ1v) is 18.4. The van der Waals surface area contributed by atoms with E-state index in [9.17, 15) is 49.4 Å². The summed E-state index contributed by atoms with van der Waals surface area (Å²) in [7, 11) is -1.78. The van der Waals surface area contributed by atoms with Crippen molar-refractivity contribution in [1.82, 2.24) is 19.5 Å². The number of hydrogen-bond acceptors (Lipinski definition) is 10. The maximum absolute atomic E-state index is 14.7. The number of hydrogen-bond donors (Lipinski definition) is 2. The van der Waals surface area contributed by atoms with Crippen LogP contribution < -0.4 is 14.8 Å². The molecule has 2 aromatic heterocycles. The Kier molecular flexibility index (Phi) is 11.8. The number of carbonyl (C=O) groups excluding carboxylic acids is 1. The van der Waals surface area contributed by atoms with Gasteiger partial charge in [-0.1, -0.05) is 72.8 Å². The molecular weight excluding hydrogens is 837 g/mol. The number of ether oxygens (including phenoxy) is 4. The van der Waals surface area contributed by atoms with E-state index in [1.807, 2.05) is 24.3 Å². The highest BCUT2D eigenvalue weighted by Crippen LogP contribution is 2.44. The van der Waals surface area contributed by atoms with E-state index in [1.165, 1.54) is 12.4 Å². The Balaban J connectivity index is 1.29. The van der Waals surface area contributed by atoms with Gasteiger partial charge in [0.15, 0.2) is 11.2 Å². The number of nitrogens with one attached hydrogen (secondary N) is 1. The molecule has 1 saturated heterocycles.